The third kappa shape index (κ3) is 5.76. The maximum absolute atomic E-state index is 12.2. The monoisotopic (exact) mass is 312 g/mol. The number of hydrogen-bond acceptors (Lipinski definition) is 4. The van der Waals surface area contributed by atoms with E-state index < -0.39 is 5.60 Å². The molecule has 2 heterocycles. The molecule has 128 valence electrons. The summed E-state index contributed by atoms with van der Waals surface area (Å²) in [5, 5.41) is 9.73. The van der Waals surface area contributed by atoms with E-state index >= 15 is 0 Å². The van der Waals surface area contributed by atoms with Gasteiger partial charge in [0.05, 0.1) is 6.10 Å². The van der Waals surface area contributed by atoms with Crippen LogP contribution in [0.15, 0.2) is 0 Å². The fourth-order valence-electron chi connectivity index (χ4n) is 3.39. The first-order chi connectivity index (χ1) is 10.3. The van der Waals surface area contributed by atoms with Crippen molar-refractivity contribution >= 4 is 6.09 Å². The van der Waals surface area contributed by atoms with Crippen LogP contribution in [0.3, 0.4) is 0 Å². The summed E-state index contributed by atoms with van der Waals surface area (Å²) in [4.78, 5) is 16.4. The van der Waals surface area contributed by atoms with Gasteiger partial charge in [-0.25, -0.2) is 4.79 Å². The molecule has 0 bridgehead atoms. The average Bonchev–Trinajstić information content (AvgIpc) is 2.44. The molecule has 0 aromatic carbocycles. The van der Waals surface area contributed by atoms with E-state index in [1.807, 2.05) is 25.7 Å². The van der Waals surface area contributed by atoms with Crippen molar-refractivity contribution < 1.29 is 14.6 Å². The fourth-order valence-corrected chi connectivity index (χ4v) is 3.39. The highest BCUT2D eigenvalue weighted by Crippen LogP contribution is 2.22. The molecule has 0 spiro atoms. The van der Waals surface area contributed by atoms with E-state index in [-0.39, 0.29) is 12.2 Å². The van der Waals surface area contributed by atoms with E-state index in [1.165, 1.54) is 6.42 Å². The van der Waals surface area contributed by atoms with E-state index in [4.69, 9.17) is 4.74 Å². The Morgan fingerprint density at radius 2 is 1.91 bits per heavy atom. The van der Waals surface area contributed by atoms with Crippen LogP contribution in [0.5, 0.6) is 0 Å². The van der Waals surface area contributed by atoms with Gasteiger partial charge in [-0.05, 0) is 71.9 Å². The molecule has 1 N–H and O–H groups in total. The molecule has 0 aromatic heterocycles. The van der Waals surface area contributed by atoms with Gasteiger partial charge in [0.25, 0.3) is 0 Å². The maximum atomic E-state index is 12.2. The molecule has 1 amide bonds. The zero-order valence-corrected chi connectivity index (χ0v) is 14.4. The standard InChI is InChI=1S/C17H32N2O3/c1-17(2,3)22-16(21)19-10-4-6-14(12-19)8-11-18-9-5-7-15(20)13-18/h14-15,20H,4-13H2,1-3H3/t14-,15-/m1/s1. The summed E-state index contributed by atoms with van der Waals surface area (Å²) < 4.78 is 5.48. The molecule has 5 nitrogen and oxygen atoms in total. The molecule has 0 radical (unpaired) electrons. The number of piperidine rings is 2. The van der Waals surface area contributed by atoms with Crippen molar-refractivity contribution in [3.05, 3.63) is 0 Å². The van der Waals surface area contributed by atoms with Gasteiger partial charge in [-0.3, -0.25) is 0 Å². The third-order valence-corrected chi connectivity index (χ3v) is 4.50. The van der Waals surface area contributed by atoms with Crippen LogP contribution in [0.2, 0.25) is 0 Å². The molecule has 2 saturated heterocycles. The van der Waals surface area contributed by atoms with E-state index in [9.17, 15) is 9.90 Å². The first kappa shape index (κ1) is 17.5. The van der Waals surface area contributed by atoms with Crippen molar-refractivity contribution in [3.8, 4) is 0 Å². The predicted molar refractivity (Wildman–Crippen MR) is 86.8 cm³/mol. The maximum Gasteiger partial charge on any atom is 0.410 e. The van der Waals surface area contributed by atoms with E-state index in [0.717, 1.165) is 58.4 Å². The molecular formula is C17H32N2O3. The number of ether oxygens (including phenoxy) is 1. The summed E-state index contributed by atoms with van der Waals surface area (Å²) in [6.45, 7) is 10.3. The molecule has 22 heavy (non-hydrogen) atoms. The van der Waals surface area contributed by atoms with Crippen LogP contribution in [0, 0.1) is 5.92 Å². The summed E-state index contributed by atoms with van der Waals surface area (Å²) in [6, 6.07) is 0. The Balaban J connectivity index is 1.74. The second kappa shape index (κ2) is 7.64. The predicted octanol–water partition coefficient (Wildman–Crippen LogP) is 2.48. The van der Waals surface area contributed by atoms with Crippen molar-refractivity contribution in [1.29, 1.82) is 0 Å². The molecule has 0 saturated carbocycles. The number of aliphatic hydroxyl groups excluding tert-OH is 1. The number of likely N-dealkylation sites (tertiary alicyclic amines) is 2. The number of carbonyl (C=O) groups is 1. The number of carbonyl (C=O) groups excluding carboxylic acids is 1. The van der Waals surface area contributed by atoms with Gasteiger partial charge in [-0.1, -0.05) is 0 Å². The third-order valence-electron chi connectivity index (χ3n) is 4.50. The van der Waals surface area contributed by atoms with Crippen LogP contribution < -0.4 is 0 Å². The van der Waals surface area contributed by atoms with Crippen molar-refractivity contribution in [3.63, 3.8) is 0 Å². The summed E-state index contributed by atoms with van der Waals surface area (Å²) in [6.07, 6.45) is 5.06. The van der Waals surface area contributed by atoms with Crippen LogP contribution in [0.25, 0.3) is 0 Å². The van der Waals surface area contributed by atoms with E-state index in [1.54, 1.807) is 0 Å². The minimum absolute atomic E-state index is 0.154. The molecule has 2 aliphatic rings. The Morgan fingerprint density at radius 3 is 2.59 bits per heavy atom. The first-order valence-corrected chi connectivity index (χ1v) is 8.72. The molecule has 0 aliphatic carbocycles. The second-order valence-electron chi connectivity index (χ2n) is 7.82. The Bertz CT molecular complexity index is 367. The molecule has 0 unspecified atom stereocenters. The quantitative estimate of drug-likeness (QED) is 0.870. The summed E-state index contributed by atoms with van der Waals surface area (Å²) in [5.41, 5.74) is -0.423. The van der Waals surface area contributed by atoms with Crippen molar-refractivity contribution in [2.24, 2.45) is 5.92 Å². The van der Waals surface area contributed by atoms with E-state index in [0.29, 0.717) is 5.92 Å². The van der Waals surface area contributed by atoms with Crippen LogP contribution in [0.1, 0.15) is 52.9 Å². The van der Waals surface area contributed by atoms with Crippen molar-refractivity contribution in [2.75, 3.05) is 32.7 Å². The lowest BCUT2D eigenvalue weighted by molar-refractivity contribution is 0.0148. The Kier molecular flexibility index (Phi) is 6.09. The highest BCUT2D eigenvalue weighted by atomic mass is 16.6. The molecule has 2 rings (SSSR count). The van der Waals surface area contributed by atoms with Gasteiger partial charge >= 0.3 is 6.09 Å². The van der Waals surface area contributed by atoms with E-state index in [2.05, 4.69) is 4.90 Å². The lowest BCUT2D eigenvalue weighted by Crippen LogP contribution is -2.44. The molecule has 0 aromatic rings. The number of aliphatic hydroxyl groups is 1. The van der Waals surface area contributed by atoms with Gasteiger partial charge in [0, 0.05) is 19.6 Å². The highest BCUT2D eigenvalue weighted by Gasteiger charge is 2.28. The zero-order valence-electron chi connectivity index (χ0n) is 14.4. The van der Waals surface area contributed by atoms with Crippen LogP contribution in [-0.2, 0) is 4.74 Å². The Morgan fingerprint density at radius 1 is 1.18 bits per heavy atom. The van der Waals surface area contributed by atoms with Crippen molar-refractivity contribution in [2.45, 2.75) is 64.6 Å². The first-order valence-electron chi connectivity index (χ1n) is 8.72. The summed E-state index contributed by atoms with van der Waals surface area (Å²) in [5.74, 6) is 0.556. The van der Waals surface area contributed by atoms with Crippen molar-refractivity contribution in [1.82, 2.24) is 9.80 Å². The van der Waals surface area contributed by atoms with Crippen LogP contribution in [0.4, 0.5) is 4.79 Å². The van der Waals surface area contributed by atoms with Gasteiger partial charge in [0.1, 0.15) is 5.60 Å². The number of β-amino-alcohol motifs (C(OH)–C–C–N with tert-alkyl or cyclic N) is 1. The Hall–Kier alpha value is -0.810. The summed E-state index contributed by atoms with van der Waals surface area (Å²) in [7, 11) is 0. The fraction of sp³-hybridized carbons (Fsp3) is 0.941. The average molecular weight is 312 g/mol. The van der Waals surface area contributed by atoms with Gasteiger partial charge in [-0.2, -0.15) is 0 Å². The highest BCUT2D eigenvalue weighted by molar-refractivity contribution is 5.68. The minimum atomic E-state index is -0.423. The SMILES string of the molecule is CC(C)(C)OC(=O)N1CCC[C@H](CCN2CCC[C@@H](O)C2)C1. The summed E-state index contributed by atoms with van der Waals surface area (Å²) >= 11 is 0. The topological polar surface area (TPSA) is 53.0 Å². The van der Waals surface area contributed by atoms with Gasteiger partial charge in [0.2, 0.25) is 0 Å². The minimum Gasteiger partial charge on any atom is -0.444 e. The van der Waals surface area contributed by atoms with Crippen LogP contribution >= 0.6 is 0 Å². The Labute approximate surface area is 134 Å². The molecule has 2 atom stereocenters. The largest absolute Gasteiger partial charge is 0.444 e. The lowest BCUT2D eigenvalue weighted by atomic mass is 9.94. The molecule has 5 heteroatoms. The number of hydrogen-bond donors (Lipinski definition) is 1. The molecule has 2 fully saturated rings. The van der Waals surface area contributed by atoms with Gasteiger partial charge in [-0.15, -0.1) is 0 Å². The molecule has 2 aliphatic heterocycles. The number of nitrogens with zero attached hydrogens (tertiary/aromatic N) is 2. The number of amides is 1. The lowest BCUT2D eigenvalue weighted by Gasteiger charge is -2.36. The molecular weight excluding hydrogens is 280 g/mol. The number of rotatable bonds is 3. The normalized spacial score (nSPS) is 27.7. The van der Waals surface area contributed by atoms with Gasteiger partial charge in [0.15, 0.2) is 0 Å². The zero-order chi connectivity index (χ0) is 16.2. The van der Waals surface area contributed by atoms with Gasteiger partial charge < -0.3 is 19.6 Å². The smallest absolute Gasteiger partial charge is 0.410 e. The second-order valence-corrected chi connectivity index (χ2v) is 7.82. The van der Waals surface area contributed by atoms with Crippen LogP contribution in [-0.4, -0.2) is 65.4 Å².